The highest BCUT2D eigenvalue weighted by molar-refractivity contribution is 5.96. The van der Waals surface area contributed by atoms with Crippen molar-refractivity contribution in [3.05, 3.63) is 42.1 Å². The Balaban J connectivity index is 2.69. The summed E-state index contributed by atoms with van der Waals surface area (Å²) in [5.74, 6) is 0.0852. The molecule has 13 heavy (non-hydrogen) atoms. The normalized spacial score (nSPS) is 10.2. The van der Waals surface area contributed by atoms with Gasteiger partial charge in [-0.2, -0.15) is 0 Å². The van der Waals surface area contributed by atoms with Crippen LogP contribution in [0.4, 0.5) is 0 Å². The Hall–Kier alpha value is -1.70. The third-order valence-corrected chi connectivity index (χ3v) is 2.06. The fourth-order valence-corrected chi connectivity index (χ4v) is 1.32. The Morgan fingerprint density at radius 1 is 1.31 bits per heavy atom. The topological polar surface area (TPSA) is 31.2 Å². The second kappa shape index (κ2) is 2.98. The maximum Gasteiger partial charge on any atom is 0.210 e. The SMILES string of the molecule is CC(=O)c1c[nH+]c2ccccc2c1. The molecule has 0 saturated carbocycles. The van der Waals surface area contributed by atoms with Crippen LogP contribution < -0.4 is 4.98 Å². The molecule has 0 aliphatic carbocycles. The first-order valence-corrected chi connectivity index (χ1v) is 4.19. The molecule has 0 atom stereocenters. The van der Waals surface area contributed by atoms with Gasteiger partial charge in [0, 0.05) is 11.5 Å². The number of benzene rings is 1. The first-order valence-electron chi connectivity index (χ1n) is 4.19. The van der Waals surface area contributed by atoms with Crippen LogP contribution in [0.25, 0.3) is 10.9 Å². The zero-order valence-electron chi connectivity index (χ0n) is 7.37. The molecule has 2 aromatic rings. The molecule has 0 radical (unpaired) electrons. The summed E-state index contributed by atoms with van der Waals surface area (Å²) in [7, 11) is 0. The van der Waals surface area contributed by atoms with E-state index in [0.717, 1.165) is 16.5 Å². The van der Waals surface area contributed by atoms with E-state index in [1.807, 2.05) is 30.3 Å². The first kappa shape index (κ1) is 7.92. The van der Waals surface area contributed by atoms with E-state index < -0.39 is 0 Å². The first-order chi connectivity index (χ1) is 6.27. The maximum atomic E-state index is 11.1. The highest BCUT2D eigenvalue weighted by atomic mass is 16.1. The van der Waals surface area contributed by atoms with Crippen molar-refractivity contribution in [2.45, 2.75) is 6.92 Å². The highest BCUT2D eigenvalue weighted by Gasteiger charge is 2.05. The van der Waals surface area contributed by atoms with E-state index in [2.05, 4.69) is 4.98 Å². The van der Waals surface area contributed by atoms with Crippen LogP contribution in [0.15, 0.2) is 36.5 Å². The average Bonchev–Trinajstić information content (AvgIpc) is 2.17. The monoisotopic (exact) mass is 172 g/mol. The van der Waals surface area contributed by atoms with Crippen molar-refractivity contribution < 1.29 is 9.78 Å². The molecule has 1 N–H and O–H groups in total. The smallest absolute Gasteiger partial charge is 0.210 e. The number of para-hydroxylation sites is 1. The van der Waals surface area contributed by atoms with Crippen molar-refractivity contribution >= 4 is 16.7 Å². The lowest BCUT2D eigenvalue weighted by molar-refractivity contribution is -0.344. The molecule has 64 valence electrons. The van der Waals surface area contributed by atoms with Crippen molar-refractivity contribution in [3.8, 4) is 0 Å². The molecule has 0 spiro atoms. The van der Waals surface area contributed by atoms with Crippen LogP contribution in [-0.2, 0) is 0 Å². The van der Waals surface area contributed by atoms with Crippen molar-refractivity contribution in [1.29, 1.82) is 0 Å². The van der Waals surface area contributed by atoms with Crippen molar-refractivity contribution in [3.63, 3.8) is 0 Å². The Labute approximate surface area is 76.2 Å². The Morgan fingerprint density at radius 3 is 2.85 bits per heavy atom. The summed E-state index contributed by atoms with van der Waals surface area (Å²) < 4.78 is 0. The lowest BCUT2D eigenvalue weighted by atomic mass is 10.1. The van der Waals surface area contributed by atoms with Crippen LogP contribution in [0.1, 0.15) is 17.3 Å². The van der Waals surface area contributed by atoms with Gasteiger partial charge in [0.2, 0.25) is 5.52 Å². The van der Waals surface area contributed by atoms with Gasteiger partial charge in [0.1, 0.15) is 0 Å². The number of aromatic nitrogens is 1. The van der Waals surface area contributed by atoms with E-state index in [9.17, 15) is 4.79 Å². The summed E-state index contributed by atoms with van der Waals surface area (Å²) >= 11 is 0. The quantitative estimate of drug-likeness (QED) is 0.604. The van der Waals surface area contributed by atoms with Gasteiger partial charge in [0.15, 0.2) is 12.0 Å². The lowest BCUT2D eigenvalue weighted by Gasteiger charge is -1.93. The van der Waals surface area contributed by atoms with E-state index in [0.29, 0.717) is 0 Å². The number of hydrogen-bond acceptors (Lipinski definition) is 1. The number of hydrogen-bond donors (Lipinski definition) is 0. The Bertz CT molecular complexity index is 462. The van der Waals surface area contributed by atoms with Gasteiger partial charge in [-0.25, -0.2) is 4.98 Å². The molecule has 0 fully saturated rings. The molecule has 1 heterocycles. The molecule has 0 aliphatic rings. The van der Waals surface area contributed by atoms with Crippen molar-refractivity contribution in [2.24, 2.45) is 0 Å². The van der Waals surface area contributed by atoms with Gasteiger partial charge in [-0.15, -0.1) is 0 Å². The largest absolute Gasteiger partial charge is 0.294 e. The van der Waals surface area contributed by atoms with Crippen molar-refractivity contribution in [1.82, 2.24) is 0 Å². The second-order valence-corrected chi connectivity index (χ2v) is 3.03. The van der Waals surface area contributed by atoms with Gasteiger partial charge in [-0.1, -0.05) is 12.1 Å². The fourth-order valence-electron chi connectivity index (χ4n) is 1.32. The number of carbonyl (C=O) groups is 1. The third kappa shape index (κ3) is 1.43. The molecule has 0 aliphatic heterocycles. The predicted molar refractivity (Wildman–Crippen MR) is 50.5 cm³/mol. The number of pyridine rings is 1. The number of aromatic amines is 1. The van der Waals surface area contributed by atoms with Crippen molar-refractivity contribution in [2.75, 3.05) is 0 Å². The van der Waals surface area contributed by atoms with E-state index in [-0.39, 0.29) is 5.78 Å². The van der Waals surface area contributed by atoms with E-state index in [4.69, 9.17) is 0 Å². The summed E-state index contributed by atoms with van der Waals surface area (Å²) in [5, 5.41) is 1.07. The molecule has 0 amide bonds. The predicted octanol–water partition coefficient (Wildman–Crippen LogP) is 1.86. The highest BCUT2D eigenvalue weighted by Crippen LogP contribution is 2.09. The summed E-state index contributed by atoms with van der Waals surface area (Å²) in [6.07, 6.45) is 1.74. The lowest BCUT2D eigenvalue weighted by Crippen LogP contribution is -2.06. The molecule has 0 saturated heterocycles. The van der Waals surface area contributed by atoms with E-state index >= 15 is 0 Å². The van der Waals surface area contributed by atoms with Crippen LogP contribution in [0, 0.1) is 0 Å². The average molecular weight is 172 g/mol. The second-order valence-electron chi connectivity index (χ2n) is 3.03. The molecule has 0 unspecified atom stereocenters. The molecule has 2 rings (SSSR count). The Kier molecular flexibility index (Phi) is 1.81. The third-order valence-electron chi connectivity index (χ3n) is 2.06. The number of H-pyrrole nitrogens is 1. The van der Waals surface area contributed by atoms with Gasteiger partial charge in [-0.05, 0) is 19.1 Å². The van der Waals surface area contributed by atoms with Gasteiger partial charge in [0.25, 0.3) is 0 Å². The Morgan fingerprint density at radius 2 is 2.08 bits per heavy atom. The number of rotatable bonds is 1. The van der Waals surface area contributed by atoms with Crippen LogP contribution in [0.5, 0.6) is 0 Å². The summed E-state index contributed by atoms with van der Waals surface area (Å²) in [6, 6.07) is 9.79. The zero-order chi connectivity index (χ0) is 9.26. The van der Waals surface area contributed by atoms with Crippen LogP contribution in [0.2, 0.25) is 0 Å². The van der Waals surface area contributed by atoms with Crippen LogP contribution in [-0.4, -0.2) is 5.78 Å². The molecule has 2 heteroatoms. The number of nitrogens with one attached hydrogen (secondary N) is 1. The molecular weight excluding hydrogens is 162 g/mol. The van der Waals surface area contributed by atoms with Crippen LogP contribution >= 0.6 is 0 Å². The molecular formula is C11H10NO+. The summed E-state index contributed by atoms with van der Waals surface area (Å²) in [4.78, 5) is 14.1. The zero-order valence-corrected chi connectivity index (χ0v) is 7.37. The minimum atomic E-state index is 0.0852. The molecule has 2 nitrogen and oxygen atoms in total. The number of ketones is 1. The van der Waals surface area contributed by atoms with Gasteiger partial charge in [-0.3, -0.25) is 4.79 Å². The summed E-state index contributed by atoms with van der Waals surface area (Å²) in [6.45, 7) is 1.57. The minimum absolute atomic E-state index is 0.0852. The van der Waals surface area contributed by atoms with Gasteiger partial charge < -0.3 is 0 Å². The molecule has 1 aromatic heterocycles. The molecule has 1 aromatic carbocycles. The molecule has 0 bridgehead atoms. The number of fused-ring (bicyclic) bond motifs is 1. The van der Waals surface area contributed by atoms with E-state index in [1.165, 1.54) is 0 Å². The summed E-state index contributed by atoms with van der Waals surface area (Å²) in [5.41, 5.74) is 1.77. The fraction of sp³-hybridized carbons (Fsp3) is 0.0909. The van der Waals surface area contributed by atoms with Gasteiger partial charge in [0.05, 0.1) is 5.56 Å². The standard InChI is InChI=1S/C11H9NO/c1-8(13)10-6-9-4-2-3-5-11(9)12-7-10/h2-7H,1H3/p+1. The number of Topliss-reactive ketones (excluding diaryl/α,β-unsaturated/α-hetero) is 1. The number of carbonyl (C=O) groups excluding carboxylic acids is 1. The maximum absolute atomic E-state index is 11.1. The minimum Gasteiger partial charge on any atom is -0.294 e. The van der Waals surface area contributed by atoms with Gasteiger partial charge >= 0.3 is 0 Å². The van der Waals surface area contributed by atoms with E-state index in [1.54, 1.807) is 13.1 Å². The van der Waals surface area contributed by atoms with Crippen LogP contribution in [0.3, 0.4) is 0 Å².